The monoisotopic (exact) mass is 447 g/mol. The smallest absolute Gasteiger partial charge is 0.260 e. The van der Waals surface area contributed by atoms with Crippen molar-refractivity contribution in [2.24, 2.45) is 5.10 Å². The van der Waals surface area contributed by atoms with Gasteiger partial charge in [0.2, 0.25) is 10.0 Å². The molecule has 8 nitrogen and oxygen atoms in total. The van der Waals surface area contributed by atoms with Gasteiger partial charge >= 0.3 is 0 Å². The molecule has 1 amide bonds. The number of aryl methyl sites for hydroxylation is 1. The van der Waals surface area contributed by atoms with Crippen LogP contribution in [0.25, 0.3) is 0 Å². The molecule has 0 radical (unpaired) electrons. The minimum absolute atomic E-state index is 0.381. The molecule has 0 atom stereocenters. The number of hydrogen-bond donors (Lipinski definition) is 1. The van der Waals surface area contributed by atoms with Crippen LogP contribution in [0, 0.1) is 13.8 Å². The first-order chi connectivity index (χ1) is 14.7. The van der Waals surface area contributed by atoms with Gasteiger partial charge in [-0.15, -0.1) is 0 Å². The largest absolute Gasteiger partial charge is 0.490 e. The van der Waals surface area contributed by atoms with Crippen molar-refractivity contribution < 1.29 is 22.7 Å². The molecule has 0 unspecified atom stereocenters. The van der Waals surface area contributed by atoms with Gasteiger partial charge in [-0.2, -0.15) is 5.10 Å². The van der Waals surface area contributed by atoms with E-state index in [0.29, 0.717) is 36.0 Å². The van der Waals surface area contributed by atoms with Crippen LogP contribution in [-0.2, 0) is 14.8 Å². The fourth-order valence-corrected chi connectivity index (χ4v) is 3.79. The summed E-state index contributed by atoms with van der Waals surface area (Å²) in [5.74, 6) is 0.652. The maximum Gasteiger partial charge on any atom is 0.260 e. The predicted molar refractivity (Wildman–Crippen MR) is 123 cm³/mol. The number of anilines is 1. The summed E-state index contributed by atoms with van der Waals surface area (Å²) in [4.78, 5) is 12.4. The summed E-state index contributed by atoms with van der Waals surface area (Å²) in [6.45, 7) is 8.09. The van der Waals surface area contributed by atoms with Crippen LogP contribution in [0.2, 0.25) is 0 Å². The molecule has 0 saturated heterocycles. The van der Waals surface area contributed by atoms with E-state index in [2.05, 4.69) is 10.5 Å². The first-order valence-electron chi connectivity index (χ1n) is 9.92. The number of amides is 1. The zero-order valence-electron chi connectivity index (χ0n) is 18.5. The van der Waals surface area contributed by atoms with Crippen molar-refractivity contribution in [1.29, 1.82) is 0 Å². The van der Waals surface area contributed by atoms with Crippen molar-refractivity contribution in [1.82, 2.24) is 5.43 Å². The third-order valence-corrected chi connectivity index (χ3v) is 5.63. The number of carbonyl (C=O) groups is 1. The van der Waals surface area contributed by atoms with Gasteiger partial charge in [0.05, 0.1) is 31.4 Å². The van der Waals surface area contributed by atoms with Crippen LogP contribution in [0.3, 0.4) is 0 Å². The molecule has 0 aliphatic rings. The minimum atomic E-state index is -3.66. The summed E-state index contributed by atoms with van der Waals surface area (Å²) in [5, 5.41) is 3.94. The summed E-state index contributed by atoms with van der Waals surface area (Å²) in [6, 6.07) is 10.6. The number of hydrazone groups is 1. The number of nitrogens with one attached hydrogen (secondary N) is 1. The van der Waals surface area contributed by atoms with Gasteiger partial charge in [0, 0.05) is 0 Å². The van der Waals surface area contributed by atoms with Crippen LogP contribution in [0.15, 0.2) is 41.5 Å². The molecular weight excluding hydrogens is 418 g/mol. The lowest BCUT2D eigenvalue weighted by atomic mass is 10.1. The van der Waals surface area contributed by atoms with Crippen molar-refractivity contribution in [3.63, 3.8) is 0 Å². The van der Waals surface area contributed by atoms with Gasteiger partial charge in [-0.3, -0.25) is 9.10 Å². The lowest BCUT2D eigenvalue weighted by Crippen LogP contribution is -2.39. The first-order valence-corrected chi connectivity index (χ1v) is 11.8. The zero-order valence-corrected chi connectivity index (χ0v) is 19.3. The van der Waals surface area contributed by atoms with Crippen molar-refractivity contribution in [3.8, 4) is 11.5 Å². The Morgan fingerprint density at radius 2 is 1.77 bits per heavy atom. The van der Waals surface area contributed by atoms with E-state index in [-0.39, 0.29) is 6.54 Å². The average molecular weight is 448 g/mol. The summed E-state index contributed by atoms with van der Waals surface area (Å²) in [5.41, 5.74) is 5.27. The number of rotatable bonds is 10. The molecule has 2 rings (SSSR count). The molecule has 168 valence electrons. The summed E-state index contributed by atoms with van der Waals surface area (Å²) in [6.07, 6.45) is 2.53. The summed E-state index contributed by atoms with van der Waals surface area (Å²) in [7, 11) is -3.66. The van der Waals surface area contributed by atoms with Crippen molar-refractivity contribution >= 4 is 27.8 Å². The first kappa shape index (κ1) is 24.2. The molecule has 0 aliphatic carbocycles. The molecule has 31 heavy (non-hydrogen) atoms. The molecule has 0 fully saturated rings. The Labute approximate surface area is 183 Å². The third-order valence-electron chi connectivity index (χ3n) is 4.50. The molecule has 9 heteroatoms. The van der Waals surface area contributed by atoms with E-state index >= 15 is 0 Å². The molecule has 0 heterocycles. The number of carbonyl (C=O) groups excluding carboxylic acids is 1. The second-order valence-corrected chi connectivity index (χ2v) is 8.76. The number of hydrogen-bond acceptors (Lipinski definition) is 6. The Hall–Kier alpha value is -3.07. The number of nitrogens with zero attached hydrogens (tertiary/aromatic N) is 2. The zero-order chi connectivity index (χ0) is 23.0. The Morgan fingerprint density at radius 3 is 2.42 bits per heavy atom. The van der Waals surface area contributed by atoms with Crippen molar-refractivity contribution in [2.75, 3.05) is 30.3 Å². The third kappa shape index (κ3) is 6.71. The van der Waals surface area contributed by atoms with Gasteiger partial charge in [0.25, 0.3) is 5.91 Å². The van der Waals surface area contributed by atoms with E-state index in [9.17, 15) is 13.2 Å². The molecule has 0 aliphatic heterocycles. The van der Waals surface area contributed by atoms with Gasteiger partial charge < -0.3 is 9.47 Å². The van der Waals surface area contributed by atoms with Crippen LogP contribution in [0.4, 0.5) is 5.69 Å². The molecule has 0 aromatic heterocycles. The molecule has 0 spiro atoms. The molecule has 1 N–H and O–H groups in total. The van der Waals surface area contributed by atoms with E-state index in [1.54, 1.807) is 30.3 Å². The lowest BCUT2D eigenvalue weighted by molar-refractivity contribution is -0.119. The molecule has 2 aromatic rings. The number of ether oxygens (including phenoxy) is 2. The fourth-order valence-electron chi connectivity index (χ4n) is 2.88. The molecule has 2 aromatic carbocycles. The highest BCUT2D eigenvalue weighted by molar-refractivity contribution is 7.92. The van der Waals surface area contributed by atoms with Gasteiger partial charge in [-0.05, 0) is 68.7 Å². The minimum Gasteiger partial charge on any atom is -0.490 e. The van der Waals surface area contributed by atoms with E-state index < -0.39 is 15.9 Å². The fraction of sp³-hybridized carbons (Fsp3) is 0.364. The Balaban J connectivity index is 2.13. The molecule has 0 saturated carbocycles. The SMILES string of the molecule is CCOc1ccc(/C=N\NC(=O)CN(c2cccc(C)c2C)S(C)(=O)=O)cc1OCC. The molecule has 0 bridgehead atoms. The van der Waals surface area contributed by atoms with Gasteiger partial charge in [0.1, 0.15) is 6.54 Å². The highest BCUT2D eigenvalue weighted by Crippen LogP contribution is 2.28. The standard InChI is InChI=1S/C22H29N3O5S/c1-6-29-20-12-11-18(13-21(20)30-7-2)14-23-24-22(26)15-25(31(5,27)28)19-10-8-9-16(3)17(19)4/h8-14H,6-7,15H2,1-5H3,(H,24,26)/b23-14-. The average Bonchev–Trinajstić information content (AvgIpc) is 2.70. The highest BCUT2D eigenvalue weighted by atomic mass is 32.2. The van der Waals surface area contributed by atoms with Crippen LogP contribution in [-0.4, -0.2) is 46.6 Å². The Bertz CT molecular complexity index is 1050. The number of sulfonamides is 1. The summed E-state index contributed by atoms with van der Waals surface area (Å²) >= 11 is 0. The van der Waals surface area contributed by atoms with Crippen LogP contribution in [0.5, 0.6) is 11.5 Å². The second kappa shape index (κ2) is 10.8. The van der Waals surface area contributed by atoms with E-state index in [4.69, 9.17) is 9.47 Å². The van der Waals surface area contributed by atoms with Crippen LogP contribution >= 0.6 is 0 Å². The van der Waals surface area contributed by atoms with E-state index in [1.807, 2.05) is 33.8 Å². The summed E-state index contributed by atoms with van der Waals surface area (Å²) < 4.78 is 36.7. The normalized spacial score (nSPS) is 11.4. The van der Waals surface area contributed by atoms with Gasteiger partial charge in [-0.1, -0.05) is 12.1 Å². The quantitative estimate of drug-likeness (QED) is 0.446. The van der Waals surface area contributed by atoms with E-state index in [1.165, 1.54) is 6.21 Å². The van der Waals surface area contributed by atoms with Crippen LogP contribution in [0.1, 0.15) is 30.5 Å². The second-order valence-electron chi connectivity index (χ2n) is 6.85. The Kier molecular flexibility index (Phi) is 8.44. The van der Waals surface area contributed by atoms with Crippen LogP contribution < -0.4 is 19.2 Å². The van der Waals surface area contributed by atoms with E-state index in [0.717, 1.165) is 21.7 Å². The highest BCUT2D eigenvalue weighted by Gasteiger charge is 2.22. The van der Waals surface area contributed by atoms with Gasteiger partial charge in [0.15, 0.2) is 11.5 Å². The van der Waals surface area contributed by atoms with Gasteiger partial charge in [-0.25, -0.2) is 13.8 Å². The molecular formula is C22H29N3O5S. The Morgan fingerprint density at radius 1 is 1.10 bits per heavy atom. The topological polar surface area (TPSA) is 97.3 Å². The number of benzene rings is 2. The maximum absolute atomic E-state index is 12.4. The lowest BCUT2D eigenvalue weighted by Gasteiger charge is -2.23. The predicted octanol–water partition coefficient (Wildman–Crippen LogP) is 3.02. The van der Waals surface area contributed by atoms with Crippen molar-refractivity contribution in [2.45, 2.75) is 27.7 Å². The maximum atomic E-state index is 12.4. The van der Waals surface area contributed by atoms with Crippen molar-refractivity contribution in [3.05, 3.63) is 53.1 Å².